The van der Waals surface area contributed by atoms with Crippen molar-refractivity contribution in [1.29, 1.82) is 0 Å². The van der Waals surface area contributed by atoms with Gasteiger partial charge < -0.3 is 19.2 Å². The largest absolute Gasteiger partial charge is 0.381 e. The highest BCUT2D eigenvalue weighted by Gasteiger charge is 2.27. The zero-order valence-corrected chi connectivity index (χ0v) is 17.6. The Morgan fingerprint density at radius 3 is 2.77 bits per heavy atom. The van der Waals surface area contributed by atoms with Crippen LogP contribution >= 0.6 is 0 Å². The van der Waals surface area contributed by atoms with E-state index >= 15 is 0 Å². The standard InChI is InChI=1S/C24H30N4O2/c1-17-15-26-23(20-7-12-30-13-8-20)28(17)16-18-5-10-27(11-6-18)24(29)21-3-2-19-4-9-25-22(19)14-21/h2-4,9,14-15,18,20,25H,5-8,10-13,16H2,1H3. The number of likely N-dealkylation sites (tertiary alicyclic amines) is 1. The van der Waals surface area contributed by atoms with Crippen LogP contribution in [0.5, 0.6) is 0 Å². The van der Waals surface area contributed by atoms with E-state index in [2.05, 4.69) is 16.5 Å². The highest BCUT2D eigenvalue weighted by Crippen LogP contribution is 2.29. The molecule has 5 rings (SSSR count). The molecule has 1 N–H and O–H groups in total. The Morgan fingerprint density at radius 2 is 1.97 bits per heavy atom. The van der Waals surface area contributed by atoms with Crippen LogP contribution in [0.3, 0.4) is 0 Å². The van der Waals surface area contributed by atoms with Crippen molar-refractivity contribution in [2.24, 2.45) is 5.92 Å². The zero-order chi connectivity index (χ0) is 20.5. The molecule has 0 radical (unpaired) electrons. The molecule has 0 spiro atoms. The molecule has 2 fully saturated rings. The Balaban J connectivity index is 1.22. The first-order chi connectivity index (χ1) is 14.7. The lowest BCUT2D eigenvalue weighted by Crippen LogP contribution is -2.39. The third-order valence-corrected chi connectivity index (χ3v) is 6.82. The Kier molecular flexibility index (Phi) is 5.34. The molecule has 1 amide bonds. The molecule has 3 aromatic rings. The number of benzene rings is 1. The third kappa shape index (κ3) is 3.76. The highest BCUT2D eigenvalue weighted by atomic mass is 16.5. The molecule has 0 atom stereocenters. The number of fused-ring (bicyclic) bond motifs is 1. The maximum atomic E-state index is 13.0. The second-order valence-electron chi connectivity index (χ2n) is 8.77. The van der Waals surface area contributed by atoms with Gasteiger partial charge in [-0.05, 0) is 62.1 Å². The molecule has 2 aliphatic heterocycles. The summed E-state index contributed by atoms with van der Waals surface area (Å²) in [5, 5.41) is 1.14. The van der Waals surface area contributed by atoms with Crippen molar-refractivity contribution in [3.63, 3.8) is 0 Å². The molecule has 2 saturated heterocycles. The number of aryl methyl sites for hydroxylation is 1. The number of carbonyl (C=O) groups is 1. The van der Waals surface area contributed by atoms with E-state index in [-0.39, 0.29) is 5.91 Å². The number of imidazole rings is 1. The summed E-state index contributed by atoms with van der Waals surface area (Å²) in [6.45, 7) is 6.50. The van der Waals surface area contributed by atoms with Gasteiger partial charge in [0.15, 0.2) is 0 Å². The van der Waals surface area contributed by atoms with Gasteiger partial charge >= 0.3 is 0 Å². The second kappa shape index (κ2) is 8.26. The summed E-state index contributed by atoms with van der Waals surface area (Å²) >= 11 is 0. The molecule has 0 saturated carbocycles. The maximum Gasteiger partial charge on any atom is 0.253 e. The van der Waals surface area contributed by atoms with Crippen LogP contribution in [0, 0.1) is 12.8 Å². The average molecular weight is 407 g/mol. The third-order valence-electron chi connectivity index (χ3n) is 6.82. The Hall–Kier alpha value is -2.60. The lowest BCUT2D eigenvalue weighted by atomic mass is 9.95. The topological polar surface area (TPSA) is 63.1 Å². The van der Waals surface area contributed by atoms with Gasteiger partial charge in [-0.3, -0.25) is 4.79 Å². The average Bonchev–Trinajstić information content (AvgIpc) is 3.41. The van der Waals surface area contributed by atoms with E-state index in [1.807, 2.05) is 41.6 Å². The number of carbonyl (C=O) groups excluding carboxylic acids is 1. The van der Waals surface area contributed by atoms with E-state index in [1.165, 1.54) is 11.5 Å². The summed E-state index contributed by atoms with van der Waals surface area (Å²) in [5.41, 5.74) is 3.04. The molecular weight excluding hydrogens is 376 g/mol. The minimum absolute atomic E-state index is 0.145. The Morgan fingerprint density at radius 1 is 1.17 bits per heavy atom. The van der Waals surface area contributed by atoms with Gasteiger partial charge in [0, 0.05) is 67.9 Å². The number of hydrogen-bond acceptors (Lipinski definition) is 3. The van der Waals surface area contributed by atoms with Crippen LogP contribution in [-0.2, 0) is 11.3 Å². The molecule has 0 bridgehead atoms. The Labute approximate surface area is 177 Å². The number of nitrogens with zero attached hydrogens (tertiary/aromatic N) is 3. The van der Waals surface area contributed by atoms with Crippen LogP contribution < -0.4 is 0 Å². The van der Waals surface area contributed by atoms with E-state index in [4.69, 9.17) is 9.72 Å². The van der Waals surface area contributed by atoms with Gasteiger partial charge in [0.1, 0.15) is 5.82 Å². The molecule has 6 nitrogen and oxygen atoms in total. The number of rotatable bonds is 4. The molecule has 0 unspecified atom stereocenters. The summed E-state index contributed by atoms with van der Waals surface area (Å²) in [6, 6.07) is 7.96. The number of ether oxygens (including phenoxy) is 1. The smallest absolute Gasteiger partial charge is 0.253 e. The minimum atomic E-state index is 0.145. The summed E-state index contributed by atoms with van der Waals surface area (Å²) in [6.07, 6.45) is 8.14. The Bertz CT molecular complexity index is 1020. The van der Waals surface area contributed by atoms with Gasteiger partial charge in [-0.2, -0.15) is 0 Å². The summed E-state index contributed by atoms with van der Waals surface area (Å²) in [4.78, 5) is 23.0. The van der Waals surface area contributed by atoms with Gasteiger partial charge in [0.05, 0.1) is 0 Å². The number of nitrogens with one attached hydrogen (secondary N) is 1. The van der Waals surface area contributed by atoms with Crippen LogP contribution in [0.4, 0.5) is 0 Å². The van der Waals surface area contributed by atoms with Crippen molar-refractivity contribution in [1.82, 2.24) is 19.4 Å². The van der Waals surface area contributed by atoms with Gasteiger partial charge in [-0.1, -0.05) is 6.07 Å². The first-order valence-corrected chi connectivity index (χ1v) is 11.2. The molecule has 158 valence electrons. The van der Waals surface area contributed by atoms with Crippen LogP contribution in [-0.4, -0.2) is 51.6 Å². The highest BCUT2D eigenvalue weighted by molar-refractivity contribution is 5.98. The first kappa shape index (κ1) is 19.4. The summed E-state index contributed by atoms with van der Waals surface area (Å²) in [7, 11) is 0. The molecule has 4 heterocycles. The number of H-pyrrole nitrogens is 1. The number of amides is 1. The van der Waals surface area contributed by atoms with Crippen molar-refractivity contribution < 1.29 is 9.53 Å². The summed E-state index contributed by atoms with van der Waals surface area (Å²) in [5.74, 6) is 2.48. The fraction of sp³-hybridized carbons (Fsp3) is 0.500. The summed E-state index contributed by atoms with van der Waals surface area (Å²) < 4.78 is 7.96. The van der Waals surface area contributed by atoms with Gasteiger partial charge in [-0.25, -0.2) is 4.98 Å². The molecule has 6 heteroatoms. The van der Waals surface area contributed by atoms with E-state index in [1.54, 1.807) is 0 Å². The van der Waals surface area contributed by atoms with Crippen LogP contribution in [0.1, 0.15) is 53.5 Å². The van der Waals surface area contributed by atoms with Gasteiger partial charge in [0.2, 0.25) is 0 Å². The number of hydrogen-bond donors (Lipinski definition) is 1. The minimum Gasteiger partial charge on any atom is -0.381 e. The lowest BCUT2D eigenvalue weighted by molar-refractivity contribution is 0.0680. The fourth-order valence-corrected chi connectivity index (χ4v) is 4.94. The second-order valence-corrected chi connectivity index (χ2v) is 8.77. The SMILES string of the molecule is Cc1cnc(C2CCOCC2)n1CC1CCN(C(=O)c2ccc3cc[nH]c3c2)CC1. The van der Waals surface area contributed by atoms with Gasteiger partial charge in [0.25, 0.3) is 5.91 Å². The quantitative estimate of drug-likeness (QED) is 0.709. The number of piperidine rings is 1. The molecule has 2 aliphatic rings. The van der Waals surface area contributed by atoms with E-state index in [0.717, 1.165) is 75.0 Å². The molecule has 30 heavy (non-hydrogen) atoms. The van der Waals surface area contributed by atoms with Crippen LogP contribution in [0.25, 0.3) is 10.9 Å². The molecule has 1 aromatic carbocycles. The predicted octanol–water partition coefficient (Wildman–Crippen LogP) is 4.12. The van der Waals surface area contributed by atoms with Crippen molar-refractivity contribution >= 4 is 16.8 Å². The van der Waals surface area contributed by atoms with Crippen molar-refractivity contribution in [2.75, 3.05) is 26.3 Å². The predicted molar refractivity (Wildman–Crippen MR) is 117 cm³/mol. The monoisotopic (exact) mass is 406 g/mol. The van der Waals surface area contributed by atoms with Gasteiger partial charge in [-0.15, -0.1) is 0 Å². The lowest BCUT2D eigenvalue weighted by Gasteiger charge is -2.33. The van der Waals surface area contributed by atoms with Crippen molar-refractivity contribution in [2.45, 2.75) is 45.1 Å². The fourth-order valence-electron chi connectivity index (χ4n) is 4.94. The molecule has 0 aliphatic carbocycles. The van der Waals surface area contributed by atoms with E-state index < -0.39 is 0 Å². The zero-order valence-electron chi connectivity index (χ0n) is 17.6. The number of aromatic amines is 1. The van der Waals surface area contributed by atoms with Crippen LogP contribution in [0.15, 0.2) is 36.7 Å². The normalized spacial score (nSPS) is 18.9. The van der Waals surface area contributed by atoms with E-state index in [0.29, 0.717) is 11.8 Å². The van der Waals surface area contributed by atoms with Crippen molar-refractivity contribution in [3.8, 4) is 0 Å². The van der Waals surface area contributed by atoms with Crippen LogP contribution in [0.2, 0.25) is 0 Å². The molecule has 2 aromatic heterocycles. The molecular formula is C24H30N4O2. The maximum absolute atomic E-state index is 13.0. The van der Waals surface area contributed by atoms with Crippen molar-refractivity contribution in [3.05, 3.63) is 53.7 Å². The number of aromatic nitrogens is 3. The van der Waals surface area contributed by atoms with E-state index in [9.17, 15) is 4.79 Å². The first-order valence-electron chi connectivity index (χ1n) is 11.2.